The van der Waals surface area contributed by atoms with Crippen LogP contribution in [0.1, 0.15) is 21.9 Å². The first-order valence-corrected chi connectivity index (χ1v) is 10.2. The number of amides is 1. The molecule has 152 valence electrons. The minimum atomic E-state index is -0.359. The van der Waals surface area contributed by atoms with Crippen LogP contribution in [0.2, 0.25) is 0 Å². The lowest BCUT2D eigenvalue weighted by Gasteiger charge is -2.07. The number of rotatable bonds is 6. The molecule has 9 heteroatoms. The zero-order valence-corrected chi connectivity index (χ0v) is 17.3. The second-order valence-corrected chi connectivity index (χ2v) is 7.66. The quantitative estimate of drug-likeness (QED) is 0.513. The van der Waals surface area contributed by atoms with Gasteiger partial charge in [-0.15, -0.1) is 11.3 Å². The molecule has 1 amide bonds. The highest BCUT2D eigenvalue weighted by molar-refractivity contribution is 7.18. The minimum Gasteiger partial charge on any atom is -0.361 e. The van der Waals surface area contributed by atoms with Crippen LogP contribution in [-0.2, 0) is 6.54 Å². The van der Waals surface area contributed by atoms with Crippen LogP contribution in [0.4, 0.5) is 0 Å². The van der Waals surface area contributed by atoms with Crippen LogP contribution in [0.3, 0.4) is 0 Å². The van der Waals surface area contributed by atoms with Gasteiger partial charge in [0.25, 0.3) is 11.5 Å². The Labute approximate surface area is 176 Å². The number of aryl methyl sites for hydroxylation is 2. The van der Waals surface area contributed by atoms with E-state index in [1.165, 1.54) is 22.1 Å². The Morgan fingerprint density at radius 3 is 2.70 bits per heavy atom. The van der Waals surface area contributed by atoms with E-state index in [1.807, 2.05) is 37.3 Å². The van der Waals surface area contributed by atoms with Gasteiger partial charge >= 0.3 is 0 Å². The third-order valence-electron chi connectivity index (χ3n) is 4.39. The van der Waals surface area contributed by atoms with Gasteiger partial charge in [-0.1, -0.05) is 35.5 Å². The van der Waals surface area contributed by atoms with E-state index in [4.69, 9.17) is 4.52 Å². The van der Waals surface area contributed by atoms with Crippen LogP contribution in [0, 0.1) is 13.8 Å². The van der Waals surface area contributed by atoms with Gasteiger partial charge in [0, 0.05) is 24.2 Å². The van der Waals surface area contributed by atoms with Crippen LogP contribution in [0.5, 0.6) is 0 Å². The summed E-state index contributed by atoms with van der Waals surface area (Å²) >= 11 is 1.53. The highest BCUT2D eigenvalue weighted by Crippen LogP contribution is 2.33. The molecule has 0 fully saturated rings. The summed E-state index contributed by atoms with van der Waals surface area (Å²) < 4.78 is 6.23. The number of nitrogens with zero attached hydrogens (tertiary/aromatic N) is 4. The van der Waals surface area contributed by atoms with Crippen LogP contribution in [0.25, 0.3) is 21.1 Å². The summed E-state index contributed by atoms with van der Waals surface area (Å²) in [5.74, 6) is 0.197. The van der Waals surface area contributed by atoms with Crippen LogP contribution >= 0.6 is 11.3 Å². The molecule has 0 aliphatic carbocycles. The second-order valence-electron chi connectivity index (χ2n) is 6.66. The molecule has 0 saturated carbocycles. The van der Waals surface area contributed by atoms with Gasteiger partial charge in [0.15, 0.2) is 5.69 Å². The van der Waals surface area contributed by atoms with Crippen molar-refractivity contribution in [3.8, 4) is 21.1 Å². The Morgan fingerprint density at radius 2 is 1.97 bits per heavy atom. The lowest BCUT2D eigenvalue weighted by atomic mass is 10.2. The van der Waals surface area contributed by atoms with Gasteiger partial charge in [-0.25, -0.2) is 9.67 Å². The van der Waals surface area contributed by atoms with Crippen LogP contribution in [0.15, 0.2) is 57.8 Å². The third-order valence-corrected chi connectivity index (χ3v) is 5.62. The number of aromatic nitrogens is 4. The predicted octanol–water partition coefficient (Wildman–Crippen LogP) is 3.07. The fourth-order valence-electron chi connectivity index (χ4n) is 2.91. The first-order valence-electron chi connectivity index (χ1n) is 9.34. The minimum absolute atomic E-state index is 0.204. The molecule has 0 bridgehead atoms. The lowest BCUT2D eigenvalue weighted by Crippen LogP contribution is -2.32. The van der Waals surface area contributed by atoms with E-state index >= 15 is 0 Å². The molecule has 30 heavy (non-hydrogen) atoms. The summed E-state index contributed by atoms with van der Waals surface area (Å²) in [4.78, 5) is 29.8. The molecule has 3 heterocycles. The van der Waals surface area contributed by atoms with Gasteiger partial charge in [0.1, 0.15) is 16.5 Å². The Hall–Kier alpha value is -3.59. The molecule has 0 unspecified atom stereocenters. The van der Waals surface area contributed by atoms with Gasteiger partial charge in [-0.2, -0.15) is 5.10 Å². The number of thiazole rings is 1. The van der Waals surface area contributed by atoms with E-state index in [0.29, 0.717) is 11.5 Å². The molecule has 0 radical (unpaired) electrons. The molecule has 0 aliphatic heterocycles. The molecular weight excluding hydrogens is 402 g/mol. The van der Waals surface area contributed by atoms with Crippen molar-refractivity contribution in [2.24, 2.45) is 0 Å². The Kier molecular flexibility index (Phi) is 5.53. The average Bonchev–Trinajstić information content (AvgIpc) is 3.36. The fraction of sp³-hybridized carbons (Fsp3) is 0.190. The van der Waals surface area contributed by atoms with Gasteiger partial charge in [-0.3, -0.25) is 9.59 Å². The summed E-state index contributed by atoms with van der Waals surface area (Å²) in [7, 11) is 0. The van der Waals surface area contributed by atoms with Crippen molar-refractivity contribution in [2.75, 3.05) is 6.54 Å². The molecule has 4 aromatic rings. The lowest BCUT2D eigenvalue weighted by molar-refractivity contribution is 0.0942. The number of carbonyl (C=O) groups excluding carboxylic acids is 1. The van der Waals surface area contributed by atoms with Crippen LogP contribution in [-0.4, -0.2) is 32.4 Å². The number of hydrogen-bond donors (Lipinski definition) is 1. The standard InChI is InChI=1S/C21H19N5O3S/c1-13-12-17(25-29-13)20(28)22-10-11-26-18(27)9-8-16(24-26)19-14(2)23-21(30-19)15-6-4-3-5-7-15/h3-9,12H,10-11H2,1-2H3,(H,22,28). The first-order chi connectivity index (χ1) is 14.5. The Bertz CT molecular complexity index is 1240. The van der Waals surface area contributed by atoms with Crippen molar-refractivity contribution in [1.29, 1.82) is 0 Å². The summed E-state index contributed by atoms with van der Waals surface area (Å²) in [5.41, 5.74) is 2.53. The summed E-state index contributed by atoms with van der Waals surface area (Å²) in [6.07, 6.45) is 0. The molecule has 0 atom stereocenters. The zero-order valence-electron chi connectivity index (χ0n) is 16.5. The number of carbonyl (C=O) groups is 1. The first kappa shape index (κ1) is 19.7. The number of hydrogen-bond acceptors (Lipinski definition) is 7. The van der Waals surface area contributed by atoms with Crippen molar-refractivity contribution in [2.45, 2.75) is 20.4 Å². The molecule has 3 aromatic heterocycles. The van der Waals surface area contributed by atoms with E-state index in [2.05, 4.69) is 20.6 Å². The third kappa shape index (κ3) is 4.20. The van der Waals surface area contributed by atoms with E-state index in [1.54, 1.807) is 19.1 Å². The van der Waals surface area contributed by atoms with Crippen LogP contribution < -0.4 is 10.9 Å². The predicted molar refractivity (Wildman–Crippen MR) is 113 cm³/mol. The summed E-state index contributed by atoms with van der Waals surface area (Å²) in [6.45, 7) is 4.11. The molecule has 8 nitrogen and oxygen atoms in total. The molecule has 0 aliphatic rings. The SMILES string of the molecule is Cc1cc(C(=O)NCCn2nc(-c3sc(-c4ccccc4)nc3C)ccc2=O)no1. The molecule has 0 saturated heterocycles. The van der Waals surface area contributed by atoms with Gasteiger partial charge in [0.05, 0.1) is 17.1 Å². The Balaban J connectivity index is 1.50. The maximum atomic E-state index is 12.2. The molecule has 0 spiro atoms. The topological polar surface area (TPSA) is 103 Å². The largest absolute Gasteiger partial charge is 0.361 e. The summed E-state index contributed by atoms with van der Waals surface area (Å²) in [6, 6.07) is 14.7. The number of nitrogens with one attached hydrogen (secondary N) is 1. The Morgan fingerprint density at radius 1 is 1.17 bits per heavy atom. The van der Waals surface area contributed by atoms with E-state index in [0.717, 1.165) is 21.1 Å². The second kappa shape index (κ2) is 8.42. The molecular formula is C21H19N5O3S. The summed E-state index contributed by atoms with van der Waals surface area (Å²) in [5, 5.41) is 11.8. The fourth-order valence-corrected chi connectivity index (χ4v) is 3.94. The van der Waals surface area contributed by atoms with Gasteiger partial charge in [-0.05, 0) is 19.9 Å². The van der Waals surface area contributed by atoms with Gasteiger partial charge < -0.3 is 9.84 Å². The monoisotopic (exact) mass is 421 g/mol. The van der Waals surface area contributed by atoms with Crippen molar-refractivity contribution < 1.29 is 9.32 Å². The van der Waals surface area contributed by atoms with Gasteiger partial charge in [0.2, 0.25) is 0 Å². The van der Waals surface area contributed by atoms with Crippen molar-refractivity contribution in [3.05, 3.63) is 76.0 Å². The normalized spacial score (nSPS) is 10.9. The van der Waals surface area contributed by atoms with E-state index in [9.17, 15) is 9.59 Å². The van der Waals surface area contributed by atoms with E-state index in [-0.39, 0.29) is 30.2 Å². The van der Waals surface area contributed by atoms with Crippen molar-refractivity contribution in [1.82, 2.24) is 25.2 Å². The highest BCUT2D eigenvalue weighted by Gasteiger charge is 2.14. The molecule has 1 N–H and O–H groups in total. The number of benzene rings is 1. The molecule has 4 rings (SSSR count). The highest BCUT2D eigenvalue weighted by atomic mass is 32.1. The van der Waals surface area contributed by atoms with Crippen molar-refractivity contribution >= 4 is 17.2 Å². The molecule has 1 aromatic carbocycles. The average molecular weight is 421 g/mol. The maximum Gasteiger partial charge on any atom is 0.273 e. The maximum absolute atomic E-state index is 12.2. The van der Waals surface area contributed by atoms with E-state index < -0.39 is 0 Å². The van der Waals surface area contributed by atoms with Crippen molar-refractivity contribution in [3.63, 3.8) is 0 Å². The zero-order chi connectivity index (χ0) is 21.1. The smallest absolute Gasteiger partial charge is 0.273 e.